The monoisotopic (exact) mass is 737 g/mol. The highest BCUT2D eigenvalue weighted by atomic mass is 35.5. The van der Waals surface area contributed by atoms with Crippen molar-refractivity contribution in [2.45, 2.75) is 95.2 Å². The quantitative estimate of drug-likeness (QED) is 0.214. The normalized spacial score (nSPS) is 32.3. The lowest BCUT2D eigenvalue weighted by atomic mass is 9.83. The van der Waals surface area contributed by atoms with Crippen LogP contribution in [0.1, 0.15) is 52.5 Å². The third-order valence-corrected chi connectivity index (χ3v) is 10.5. The summed E-state index contributed by atoms with van der Waals surface area (Å²) in [6, 6.07) is 2.60. The molecule has 8 atom stereocenters. The number of alkyl carbamates (subject to hydrolysis) is 1. The number of nitrogens with one attached hydrogen (secondary N) is 1. The molecule has 3 amide bonds. The summed E-state index contributed by atoms with van der Waals surface area (Å²) >= 11 is 10.8. The van der Waals surface area contributed by atoms with Crippen LogP contribution in [0.15, 0.2) is 35.9 Å². The molecular formula is C35H48ClN3O10S. The van der Waals surface area contributed by atoms with Gasteiger partial charge in [0.2, 0.25) is 11.8 Å². The Morgan fingerprint density at radius 3 is 2.62 bits per heavy atom. The molecule has 15 heteroatoms. The molecule has 50 heavy (non-hydrogen) atoms. The van der Waals surface area contributed by atoms with Crippen LogP contribution in [0.3, 0.4) is 0 Å². The van der Waals surface area contributed by atoms with Crippen molar-refractivity contribution in [2.24, 2.45) is 5.92 Å². The molecule has 0 unspecified atom stereocenters. The van der Waals surface area contributed by atoms with Gasteiger partial charge in [-0.05, 0) is 50.6 Å². The minimum Gasteiger partial charge on any atom is -0.495 e. The van der Waals surface area contributed by atoms with E-state index in [1.807, 2.05) is 13.0 Å². The van der Waals surface area contributed by atoms with Crippen molar-refractivity contribution in [3.63, 3.8) is 0 Å². The third kappa shape index (κ3) is 8.42. The molecule has 2 fully saturated rings. The molecular weight excluding hydrogens is 690 g/mol. The number of epoxide rings is 1. The number of hydrogen-bond donors (Lipinski definition) is 3. The zero-order valence-corrected chi connectivity index (χ0v) is 31.4. The van der Waals surface area contributed by atoms with E-state index in [-0.39, 0.29) is 30.2 Å². The van der Waals surface area contributed by atoms with E-state index < -0.39 is 65.7 Å². The van der Waals surface area contributed by atoms with Crippen molar-refractivity contribution in [1.29, 1.82) is 0 Å². The summed E-state index contributed by atoms with van der Waals surface area (Å²) in [6.07, 6.45) is 1.08. The van der Waals surface area contributed by atoms with Gasteiger partial charge in [-0.15, -0.1) is 0 Å². The van der Waals surface area contributed by atoms with Crippen LogP contribution in [0.2, 0.25) is 5.02 Å². The predicted molar refractivity (Wildman–Crippen MR) is 189 cm³/mol. The molecule has 2 N–H and O–H groups in total. The number of fused-ring (bicyclic) bond motifs is 5. The molecule has 2 saturated heterocycles. The van der Waals surface area contributed by atoms with E-state index in [0.29, 0.717) is 23.6 Å². The maximum atomic E-state index is 14.0. The summed E-state index contributed by atoms with van der Waals surface area (Å²) in [4.78, 5) is 55.6. The molecule has 3 aliphatic heterocycles. The third-order valence-electron chi connectivity index (χ3n) is 9.85. The molecule has 4 bridgehead atoms. The van der Waals surface area contributed by atoms with Gasteiger partial charge in [-0.2, -0.15) is 12.6 Å². The van der Waals surface area contributed by atoms with Gasteiger partial charge in [0.15, 0.2) is 5.72 Å². The van der Waals surface area contributed by atoms with Gasteiger partial charge in [-0.3, -0.25) is 14.9 Å². The van der Waals surface area contributed by atoms with Gasteiger partial charge in [0, 0.05) is 40.0 Å². The van der Waals surface area contributed by atoms with Gasteiger partial charge < -0.3 is 38.6 Å². The fourth-order valence-electron chi connectivity index (χ4n) is 6.49. The SMILES string of the molecule is COc1cc2cc(c1Cl)N(C)C(=O)C[C@H](OC(=O)[C@H](C)N(C)C(=O)CCS)[C@@]1(C)O[C@H]1[C@H](C)[C@@H]1C[C@](O)(NC(=O)O1)[C@H](OC)/C=C\C=C(\C)C2. The molecule has 1 aromatic carbocycles. The number of hydrogen-bond acceptors (Lipinski definition) is 11. The van der Waals surface area contributed by atoms with E-state index in [2.05, 4.69) is 17.9 Å². The summed E-state index contributed by atoms with van der Waals surface area (Å²) in [5.41, 5.74) is -0.903. The maximum absolute atomic E-state index is 14.0. The number of carbonyl (C=O) groups excluding carboxylic acids is 4. The van der Waals surface area contributed by atoms with Crippen molar-refractivity contribution in [1.82, 2.24) is 10.2 Å². The van der Waals surface area contributed by atoms with Gasteiger partial charge in [-0.25, -0.2) is 9.59 Å². The van der Waals surface area contributed by atoms with Crippen molar-refractivity contribution in [3.05, 3.63) is 46.5 Å². The molecule has 0 saturated carbocycles. The van der Waals surface area contributed by atoms with E-state index in [1.165, 1.54) is 38.0 Å². The number of thiol groups is 1. The fourth-order valence-corrected chi connectivity index (χ4v) is 6.99. The lowest BCUT2D eigenvalue weighted by Gasteiger charge is -2.42. The topological polar surface area (TPSA) is 156 Å². The largest absolute Gasteiger partial charge is 0.495 e. The smallest absolute Gasteiger partial charge is 0.409 e. The van der Waals surface area contributed by atoms with Gasteiger partial charge in [0.05, 0.1) is 25.3 Å². The second-order valence-corrected chi connectivity index (χ2v) is 14.2. The van der Waals surface area contributed by atoms with E-state index >= 15 is 0 Å². The first kappa shape index (κ1) is 39.5. The van der Waals surface area contributed by atoms with Gasteiger partial charge in [-0.1, -0.05) is 42.3 Å². The summed E-state index contributed by atoms with van der Waals surface area (Å²) in [5.74, 6) is -1.30. The molecule has 0 spiro atoms. The minimum atomic E-state index is -1.82. The highest BCUT2D eigenvalue weighted by Crippen LogP contribution is 2.49. The number of rotatable bonds is 7. The van der Waals surface area contributed by atoms with Crippen molar-refractivity contribution in [3.8, 4) is 5.75 Å². The Balaban J connectivity index is 1.78. The molecule has 0 aliphatic carbocycles. The molecule has 1 aromatic rings. The Kier molecular flexibility index (Phi) is 12.6. The Morgan fingerprint density at radius 1 is 1.28 bits per heavy atom. The molecule has 0 aromatic heterocycles. The number of aliphatic hydroxyl groups is 1. The van der Waals surface area contributed by atoms with Crippen LogP contribution in [-0.4, -0.2) is 110 Å². The molecule has 0 radical (unpaired) electrons. The molecule has 13 nitrogen and oxygen atoms in total. The molecule has 276 valence electrons. The average Bonchev–Trinajstić information content (AvgIpc) is 3.76. The van der Waals surface area contributed by atoms with E-state index in [0.717, 1.165) is 11.1 Å². The number of ether oxygens (including phenoxy) is 5. The zero-order chi connectivity index (χ0) is 37.1. The number of halogens is 1. The number of nitrogens with zero attached hydrogens (tertiary/aromatic N) is 2. The van der Waals surface area contributed by atoms with Gasteiger partial charge in [0.25, 0.3) is 0 Å². The lowest BCUT2D eigenvalue weighted by molar-refractivity contribution is -0.161. The van der Waals surface area contributed by atoms with Crippen LogP contribution in [0.5, 0.6) is 5.75 Å². The number of allylic oxidation sites excluding steroid dienone is 3. The molecule has 3 aliphatic rings. The average molecular weight is 738 g/mol. The van der Waals surface area contributed by atoms with Crippen LogP contribution < -0.4 is 15.0 Å². The Morgan fingerprint density at radius 2 is 1.98 bits per heavy atom. The highest BCUT2D eigenvalue weighted by molar-refractivity contribution is 7.80. The Labute approximate surface area is 303 Å². The number of esters is 1. The maximum Gasteiger partial charge on any atom is 0.409 e. The van der Waals surface area contributed by atoms with Crippen LogP contribution in [0.4, 0.5) is 10.5 Å². The number of likely N-dealkylation sites (N-methyl/N-ethyl adjacent to an activating group) is 1. The number of amides is 3. The number of carbonyl (C=O) groups is 4. The fraction of sp³-hybridized carbons (Fsp3) is 0.600. The summed E-state index contributed by atoms with van der Waals surface area (Å²) in [7, 11) is 5.98. The number of methoxy groups -OCH3 is 2. The summed E-state index contributed by atoms with van der Waals surface area (Å²) in [6.45, 7) is 6.96. The van der Waals surface area contributed by atoms with E-state index in [4.69, 9.17) is 35.3 Å². The first-order chi connectivity index (χ1) is 23.5. The highest BCUT2D eigenvalue weighted by Gasteiger charge is 2.64. The van der Waals surface area contributed by atoms with Crippen molar-refractivity contribution < 1.29 is 48.0 Å². The summed E-state index contributed by atoms with van der Waals surface area (Å²) < 4.78 is 29.0. The van der Waals surface area contributed by atoms with Gasteiger partial charge >= 0.3 is 12.1 Å². The minimum absolute atomic E-state index is 0.0489. The Bertz CT molecular complexity index is 1540. The first-order valence-corrected chi connectivity index (χ1v) is 17.5. The van der Waals surface area contributed by atoms with Crippen molar-refractivity contribution in [2.75, 3.05) is 39.0 Å². The van der Waals surface area contributed by atoms with Crippen LogP contribution >= 0.6 is 24.2 Å². The second-order valence-electron chi connectivity index (χ2n) is 13.4. The molecule has 3 heterocycles. The predicted octanol–water partition coefficient (Wildman–Crippen LogP) is 3.83. The number of benzene rings is 1. The summed E-state index contributed by atoms with van der Waals surface area (Å²) in [5, 5.41) is 14.4. The second kappa shape index (κ2) is 15.9. The zero-order valence-electron chi connectivity index (χ0n) is 29.7. The number of anilines is 1. The van der Waals surface area contributed by atoms with Crippen molar-refractivity contribution >= 4 is 53.8 Å². The van der Waals surface area contributed by atoms with Crippen LogP contribution in [0, 0.1) is 5.92 Å². The first-order valence-electron chi connectivity index (χ1n) is 16.4. The van der Waals surface area contributed by atoms with Gasteiger partial charge in [0.1, 0.15) is 40.7 Å². The van der Waals surface area contributed by atoms with E-state index in [1.54, 1.807) is 45.2 Å². The van der Waals surface area contributed by atoms with E-state index in [9.17, 15) is 24.3 Å². The lowest BCUT2D eigenvalue weighted by Crippen LogP contribution is -2.63. The molecule has 4 rings (SSSR count). The van der Waals surface area contributed by atoms with Crippen LogP contribution in [-0.2, 0) is 39.8 Å². The van der Waals surface area contributed by atoms with Crippen LogP contribution in [0.25, 0.3) is 0 Å². The Hall–Kier alpha value is -3.30. The standard InChI is InChI=1S/C35H48ClN3O10S/c1-19-10-9-11-26(46-8)35(44)18-25(47-33(43)37-35)20(2)31-34(4,49-31)27(48-32(42)21(3)38(5)28(40)12-13-50)17-29(41)39(6)23-15-22(14-19)16-24(45-7)30(23)36/h9-11,15-16,20-21,25-27,31,44,50H,12-14,17-18H2,1-8H3,(H,37,43)/b11-9-,19-10-/t20-,21+,25+,26-,27+,31+,34-,35-/m1/s1.